The highest BCUT2D eigenvalue weighted by molar-refractivity contribution is 5.69. The van der Waals surface area contributed by atoms with E-state index in [2.05, 4.69) is 6.92 Å². The third kappa shape index (κ3) is 6.89. The fourth-order valence-electron chi connectivity index (χ4n) is 1.40. The van der Waals surface area contributed by atoms with Gasteiger partial charge in [-0.2, -0.15) is 0 Å². The molecule has 3 nitrogen and oxygen atoms in total. The van der Waals surface area contributed by atoms with Gasteiger partial charge < -0.3 is 9.84 Å². The fraction of sp³-hybridized carbons (Fsp3) is 0.909. The number of aliphatic carboxylic acids is 1. The lowest BCUT2D eigenvalue weighted by Gasteiger charge is -2.11. The largest absolute Gasteiger partial charge is 0.481 e. The summed E-state index contributed by atoms with van der Waals surface area (Å²) < 4.78 is 5.16. The minimum atomic E-state index is -0.680. The second kappa shape index (κ2) is 9.00. The van der Waals surface area contributed by atoms with E-state index in [9.17, 15) is 4.79 Å². The summed E-state index contributed by atoms with van der Waals surface area (Å²) in [6.07, 6.45) is 4.71. The molecule has 1 atom stereocenters. The van der Waals surface area contributed by atoms with Gasteiger partial charge in [-0.3, -0.25) is 4.79 Å². The third-order valence-electron chi connectivity index (χ3n) is 2.32. The Hall–Kier alpha value is -0.570. The van der Waals surface area contributed by atoms with Gasteiger partial charge >= 0.3 is 5.97 Å². The lowest BCUT2D eigenvalue weighted by atomic mass is 9.98. The fourth-order valence-corrected chi connectivity index (χ4v) is 1.40. The van der Waals surface area contributed by atoms with Crippen LogP contribution in [0.3, 0.4) is 0 Å². The van der Waals surface area contributed by atoms with Gasteiger partial charge in [-0.15, -0.1) is 0 Å². The predicted molar refractivity (Wildman–Crippen MR) is 56.4 cm³/mol. The quantitative estimate of drug-likeness (QED) is 0.585. The Balaban J connectivity index is 3.61. The molecule has 0 rings (SSSR count). The van der Waals surface area contributed by atoms with Gasteiger partial charge in [0.25, 0.3) is 0 Å². The topological polar surface area (TPSA) is 46.5 Å². The van der Waals surface area contributed by atoms with Crippen LogP contribution in [-0.4, -0.2) is 24.3 Å². The van der Waals surface area contributed by atoms with Crippen LogP contribution in [0.2, 0.25) is 0 Å². The smallest absolute Gasteiger partial charge is 0.306 e. The molecule has 0 aromatic carbocycles. The molecule has 0 aliphatic heterocycles. The van der Waals surface area contributed by atoms with Gasteiger partial charge in [-0.25, -0.2) is 0 Å². The normalized spacial score (nSPS) is 12.7. The summed E-state index contributed by atoms with van der Waals surface area (Å²) in [5.74, 6) is -0.895. The molecule has 0 heterocycles. The highest BCUT2D eigenvalue weighted by atomic mass is 16.5. The highest BCUT2D eigenvalue weighted by Crippen LogP contribution is 2.14. The summed E-state index contributed by atoms with van der Waals surface area (Å²) in [6.45, 7) is 5.28. The van der Waals surface area contributed by atoms with E-state index in [1.54, 1.807) is 0 Å². The Labute approximate surface area is 86.5 Å². The van der Waals surface area contributed by atoms with Crippen molar-refractivity contribution in [2.45, 2.75) is 46.0 Å². The number of hydrogen-bond donors (Lipinski definition) is 1. The second-order valence-electron chi connectivity index (χ2n) is 3.52. The molecule has 0 fully saturated rings. The second-order valence-corrected chi connectivity index (χ2v) is 3.52. The molecule has 0 saturated carbocycles. The van der Waals surface area contributed by atoms with Crippen molar-refractivity contribution in [1.82, 2.24) is 0 Å². The number of unbranched alkanes of at least 4 members (excludes halogenated alkanes) is 2. The maximum atomic E-state index is 10.8. The van der Waals surface area contributed by atoms with Crippen LogP contribution in [-0.2, 0) is 9.53 Å². The van der Waals surface area contributed by atoms with Gasteiger partial charge in [-0.1, -0.05) is 26.2 Å². The first-order chi connectivity index (χ1) is 6.72. The number of carbonyl (C=O) groups is 1. The first kappa shape index (κ1) is 13.4. The van der Waals surface area contributed by atoms with Gasteiger partial charge in [0, 0.05) is 13.2 Å². The molecule has 0 spiro atoms. The van der Waals surface area contributed by atoms with Crippen molar-refractivity contribution in [3.63, 3.8) is 0 Å². The van der Waals surface area contributed by atoms with Gasteiger partial charge in [-0.05, 0) is 19.8 Å². The molecule has 0 bridgehead atoms. The molecule has 3 heteroatoms. The first-order valence-electron chi connectivity index (χ1n) is 5.52. The van der Waals surface area contributed by atoms with Crippen LogP contribution in [0.5, 0.6) is 0 Å². The summed E-state index contributed by atoms with van der Waals surface area (Å²) in [7, 11) is 0. The average Bonchev–Trinajstić information content (AvgIpc) is 2.15. The Morgan fingerprint density at radius 2 is 2.00 bits per heavy atom. The molecule has 84 valence electrons. The van der Waals surface area contributed by atoms with Crippen LogP contribution in [0.4, 0.5) is 0 Å². The summed E-state index contributed by atoms with van der Waals surface area (Å²) in [4.78, 5) is 10.8. The maximum Gasteiger partial charge on any atom is 0.306 e. The van der Waals surface area contributed by atoms with E-state index >= 15 is 0 Å². The zero-order chi connectivity index (χ0) is 10.8. The summed E-state index contributed by atoms with van der Waals surface area (Å²) in [5.41, 5.74) is 0. The number of ether oxygens (including phenoxy) is 1. The zero-order valence-corrected chi connectivity index (χ0v) is 9.29. The van der Waals surface area contributed by atoms with Crippen molar-refractivity contribution in [3.8, 4) is 0 Å². The van der Waals surface area contributed by atoms with Crippen molar-refractivity contribution < 1.29 is 14.6 Å². The predicted octanol–water partition coefficient (Wildman–Crippen LogP) is 2.69. The van der Waals surface area contributed by atoms with E-state index in [0.29, 0.717) is 19.6 Å². The van der Waals surface area contributed by atoms with E-state index in [4.69, 9.17) is 9.84 Å². The zero-order valence-electron chi connectivity index (χ0n) is 9.29. The summed E-state index contributed by atoms with van der Waals surface area (Å²) >= 11 is 0. The molecule has 1 N–H and O–H groups in total. The van der Waals surface area contributed by atoms with Crippen LogP contribution in [0.15, 0.2) is 0 Å². The van der Waals surface area contributed by atoms with E-state index < -0.39 is 5.97 Å². The third-order valence-corrected chi connectivity index (χ3v) is 2.32. The maximum absolute atomic E-state index is 10.8. The molecule has 0 aliphatic carbocycles. The Morgan fingerprint density at radius 1 is 1.29 bits per heavy atom. The first-order valence-corrected chi connectivity index (χ1v) is 5.52. The van der Waals surface area contributed by atoms with Crippen molar-refractivity contribution >= 4 is 5.97 Å². The van der Waals surface area contributed by atoms with E-state index in [0.717, 1.165) is 25.7 Å². The van der Waals surface area contributed by atoms with Crippen molar-refractivity contribution in [1.29, 1.82) is 0 Å². The molecule has 1 unspecified atom stereocenters. The van der Waals surface area contributed by atoms with E-state index in [1.165, 1.54) is 0 Å². The Morgan fingerprint density at radius 3 is 2.50 bits per heavy atom. The molecule has 0 aliphatic rings. The van der Waals surface area contributed by atoms with E-state index in [-0.39, 0.29) is 5.92 Å². The van der Waals surface area contributed by atoms with Gasteiger partial charge in [0.1, 0.15) is 0 Å². The molecular formula is C11H22O3. The average molecular weight is 202 g/mol. The minimum Gasteiger partial charge on any atom is -0.481 e. The van der Waals surface area contributed by atoms with Crippen molar-refractivity contribution in [3.05, 3.63) is 0 Å². The van der Waals surface area contributed by atoms with Crippen LogP contribution in [0.25, 0.3) is 0 Å². The molecular weight excluding hydrogens is 180 g/mol. The lowest BCUT2D eigenvalue weighted by molar-refractivity contribution is -0.142. The summed E-state index contributed by atoms with van der Waals surface area (Å²) in [6, 6.07) is 0. The molecule has 14 heavy (non-hydrogen) atoms. The monoisotopic (exact) mass is 202 g/mol. The standard InChI is InChI=1S/C11H22O3/c1-3-5-6-7-10(11(12)13)8-9-14-4-2/h10H,3-9H2,1-2H3,(H,12,13). The van der Waals surface area contributed by atoms with Crippen LogP contribution >= 0.6 is 0 Å². The highest BCUT2D eigenvalue weighted by Gasteiger charge is 2.16. The van der Waals surface area contributed by atoms with E-state index in [1.807, 2.05) is 6.92 Å². The number of rotatable bonds is 9. The molecule has 0 radical (unpaired) electrons. The molecule has 0 saturated heterocycles. The van der Waals surface area contributed by atoms with Crippen molar-refractivity contribution in [2.24, 2.45) is 5.92 Å². The summed E-state index contributed by atoms with van der Waals surface area (Å²) in [5, 5.41) is 8.92. The van der Waals surface area contributed by atoms with Crippen molar-refractivity contribution in [2.75, 3.05) is 13.2 Å². The van der Waals surface area contributed by atoms with Gasteiger partial charge in [0.15, 0.2) is 0 Å². The van der Waals surface area contributed by atoms with Gasteiger partial charge in [0.05, 0.1) is 5.92 Å². The SMILES string of the molecule is CCCCCC(CCOCC)C(=O)O. The molecule has 0 aromatic heterocycles. The lowest BCUT2D eigenvalue weighted by Crippen LogP contribution is -2.16. The minimum absolute atomic E-state index is 0.215. The van der Waals surface area contributed by atoms with Crippen LogP contribution in [0.1, 0.15) is 46.0 Å². The Kier molecular flexibility index (Phi) is 8.64. The van der Waals surface area contributed by atoms with Crippen LogP contribution < -0.4 is 0 Å². The number of carboxylic acids is 1. The number of hydrogen-bond acceptors (Lipinski definition) is 2. The number of carboxylic acid groups (broad SMARTS) is 1. The van der Waals surface area contributed by atoms with Gasteiger partial charge in [0.2, 0.25) is 0 Å². The molecule has 0 amide bonds. The molecule has 0 aromatic rings. The van der Waals surface area contributed by atoms with Crippen LogP contribution in [0, 0.1) is 5.92 Å². The Bertz CT molecular complexity index is 135.